The van der Waals surface area contributed by atoms with Crippen molar-refractivity contribution >= 4 is 0 Å². The van der Waals surface area contributed by atoms with Crippen molar-refractivity contribution in [1.29, 1.82) is 0 Å². The fraction of sp³-hybridized carbons (Fsp3) is 0.647. The van der Waals surface area contributed by atoms with Crippen LogP contribution < -0.4 is 10.1 Å². The van der Waals surface area contributed by atoms with Crippen molar-refractivity contribution in [2.45, 2.75) is 58.5 Å². The number of ether oxygens (including phenoxy) is 1. The van der Waals surface area contributed by atoms with E-state index in [4.69, 9.17) is 4.74 Å². The molecule has 1 atom stereocenters. The molecule has 0 spiro atoms. The number of nitrogens with one attached hydrogen (secondary N) is 1. The van der Waals surface area contributed by atoms with Crippen LogP contribution in [0.15, 0.2) is 18.2 Å². The van der Waals surface area contributed by atoms with Gasteiger partial charge in [0.2, 0.25) is 0 Å². The molecule has 1 aliphatic carbocycles. The first-order valence-corrected chi connectivity index (χ1v) is 7.82. The third kappa shape index (κ3) is 4.24. The molecule has 19 heavy (non-hydrogen) atoms. The van der Waals surface area contributed by atoms with E-state index in [1.54, 1.807) is 0 Å². The number of fused-ring (bicyclic) bond motifs is 1. The molecule has 1 unspecified atom stereocenters. The molecular weight excluding hydrogens is 234 g/mol. The van der Waals surface area contributed by atoms with Gasteiger partial charge in [-0.2, -0.15) is 0 Å². The van der Waals surface area contributed by atoms with E-state index in [-0.39, 0.29) is 0 Å². The van der Waals surface area contributed by atoms with Crippen LogP contribution in [0.5, 0.6) is 5.75 Å². The van der Waals surface area contributed by atoms with Gasteiger partial charge in [-0.1, -0.05) is 26.3 Å². The second-order valence-electron chi connectivity index (χ2n) is 5.47. The molecule has 2 rings (SSSR count). The van der Waals surface area contributed by atoms with Crippen LogP contribution in [0.3, 0.4) is 0 Å². The summed E-state index contributed by atoms with van der Waals surface area (Å²) in [5.41, 5.74) is 3.03. The molecule has 1 aromatic rings. The summed E-state index contributed by atoms with van der Waals surface area (Å²) in [4.78, 5) is 0. The van der Waals surface area contributed by atoms with E-state index >= 15 is 0 Å². The minimum Gasteiger partial charge on any atom is -0.489 e. The Morgan fingerprint density at radius 3 is 2.68 bits per heavy atom. The Labute approximate surface area is 117 Å². The Morgan fingerprint density at radius 2 is 1.95 bits per heavy atom. The van der Waals surface area contributed by atoms with Gasteiger partial charge in [0.05, 0.1) is 0 Å². The standard InChI is InChI=1S/C17H27NO/c1-3-7-17(13-18-4-2)19-16-11-10-14-8-5-6-9-15(14)12-16/h10-12,17-18H,3-9,13H2,1-2H3. The van der Waals surface area contributed by atoms with Crippen molar-refractivity contribution in [2.75, 3.05) is 13.1 Å². The summed E-state index contributed by atoms with van der Waals surface area (Å²) in [5, 5.41) is 3.39. The zero-order valence-electron chi connectivity index (χ0n) is 12.4. The fourth-order valence-electron chi connectivity index (χ4n) is 2.81. The maximum atomic E-state index is 6.16. The Balaban J connectivity index is 1.99. The molecule has 2 heteroatoms. The van der Waals surface area contributed by atoms with Crippen molar-refractivity contribution in [3.8, 4) is 5.75 Å². The van der Waals surface area contributed by atoms with Crippen molar-refractivity contribution < 1.29 is 4.74 Å². The zero-order chi connectivity index (χ0) is 13.5. The first-order valence-electron chi connectivity index (χ1n) is 7.82. The normalized spacial score (nSPS) is 15.9. The molecule has 0 radical (unpaired) electrons. The molecule has 0 aromatic heterocycles. The number of rotatable bonds is 7. The number of benzene rings is 1. The van der Waals surface area contributed by atoms with Crippen molar-refractivity contribution in [1.82, 2.24) is 5.32 Å². The van der Waals surface area contributed by atoms with E-state index in [0.717, 1.165) is 25.3 Å². The van der Waals surface area contributed by atoms with Crippen LogP contribution in [0.4, 0.5) is 0 Å². The molecule has 0 amide bonds. The minimum atomic E-state index is 0.298. The summed E-state index contributed by atoms with van der Waals surface area (Å²) in [7, 11) is 0. The van der Waals surface area contributed by atoms with E-state index in [0.29, 0.717) is 6.10 Å². The van der Waals surface area contributed by atoms with Crippen molar-refractivity contribution in [3.63, 3.8) is 0 Å². The van der Waals surface area contributed by atoms with Gasteiger partial charge in [-0.3, -0.25) is 0 Å². The summed E-state index contributed by atoms with van der Waals surface area (Å²) in [6, 6.07) is 6.68. The molecular formula is C17H27NO. The summed E-state index contributed by atoms with van der Waals surface area (Å²) >= 11 is 0. The van der Waals surface area contributed by atoms with Crippen LogP contribution in [0.2, 0.25) is 0 Å². The van der Waals surface area contributed by atoms with Gasteiger partial charge in [0, 0.05) is 6.54 Å². The molecule has 1 aromatic carbocycles. The van der Waals surface area contributed by atoms with Crippen molar-refractivity contribution in [3.05, 3.63) is 29.3 Å². The second-order valence-corrected chi connectivity index (χ2v) is 5.47. The molecule has 106 valence electrons. The Kier molecular flexibility index (Phi) is 5.71. The van der Waals surface area contributed by atoms with Gasteiger partial charge in [-0.25, -0.2) is 0 Å². The summed E-state index contributed by atoms with van der Waals surface area (Å²) < 4.78 is 6.16. The molecule has 0 aliphatic heterocycles. The Morgan fingerprint density at radius 1 is 1.16 bits per heavy atom. The number of aryl methyl sites for hydroxylation is 2. The number of hydrogen-bond acceptors (Lipinski definition) is 2. The Bertz CT molecular complexity index is 389. The van der Waals surface area contributed by atoms with Gasteiger partial charge >= 0.3 is 0 Å². The quantitative estimate of drug-likeness (QED) is 0.807. The monoisotopic (exact) mass is 261 g/mol. The lowest BCUT2D eigenvalue weighted by atomic mass is 9.92. The Hall–Kier alpha value is -1.02. The highest BCUT2D eigenvalue weighted by Gasteiger charge is 2.13. The van der Waals surface area contributed by atoms with E-state index in [9.17, 15) is 0 Å². The molecule has 1 aliphatic rings. The third-order valence-corrected chi connectivity index (χ3v) is 3.86. The molecule has 0 fully saturated rings. The SMILES string of the molecule is CCCC(CNCC)Oc1ccc2c(c1)CCCC2. The molecule has 0 saturated carbocycles. The molecule has 0 saturated heterocycles. The second kappa shape index (κ2) is 7.54. The molecule has 0 heterocycles. The van der Waals surface area contributed by atoms with Gasteiger partial charge in [-0.05, 0) is 61.9 Å². The maximum absolute atomic E-state index is 6.16. The first kappa shape index (κ1) is 14.4. The highest BCUT2D eigenvalue weighted by atomic mass is 16.5. The lowest BCUT2D eigenvalue weighted by molar-refractivity contribution is 0.187. The number of likely N-dealkylation sites (N-methyl/N-ethyl adjacent to an activating group) is 1. The van der Waals surface area contributed by atoms with Gasteiger partial charge in [-0.15, -0.1) is 0 Å². The average Bonchev–Trinajstić information content (AvgIpc) is 2.45. The third-order valence-electron chi connectivity index (χ3n) is 3.86. The van der Waals surface area contributed by atoms with Crippen LogP contribution in [-0.4, -0.2) is 19.2 Å². The highest BCUT2D eigenvalue weighted by Crippen LogP contribution is 2.26. The largest absolute Gasteiger partial charge is 0.489 e. The zero-order valence-corrected chi connectivity index (χ0v) is 12.4. The van der Waals surface area contributed by atoms with Gasteiger partial charge < -0.3 is 10.1 Å². The van der Waals surface area contributed by atoms with Crippen LogP contribution in [0.25, 0.3) is 0 Å². The predicted octanol–water partition coefficient (Wildman–Crippen LogP) is 3.72. The smallest absolute Gasteiger partial charge is 0.120 e. The van der Waals surface area contributed by atoms with E-state index in [1.807, 2.05) is 0 Å². The summed E-state index contributed by atoms with van der Waals surface area (Å²) in [5.74, 6) is 1.05. The summed E-state index contributed by atoms with van der Waals surface area (Å²) in [6.07, 6.45) is 7.71. The molecule has 0 bridgehead atoms. The van der Waals surface area contributed by atoms with E-state index in [1.165, 1.54) is 43.2 Å². The summed E-state index contributed by atoms with van der Waals surface area (Å²) in [6.45, 7) is 6.31. The van der Waals surface area contributed by atoms with E-state index in [2.05, 4.69) is 37.4 Å². The highest BCUT2D eigenvalue weighted by molar-refractivity contribution is 5.37. The molecule has 2 nitrogen and oxygen atoms in total. The van der Waals surface area contributed by atoms with Crippen LogP contribution >= 0.6 is 0 Å². The average molecular weight is 261 g/mol. The van der Waals surface area contributed by atoms with Crippen LogP contribution in [-0.2, 0) is 12.8 Å². The fourth-order valence-corrected chi connectivity index (χ4v) is 2.81. The van der Waals surface area contributed by atoms with Gasteiger partial charge in [0.25, 0.3) is 0 Å². The number of hydrogen-bond donors (Lipinski definition) is 1. The first-order chi connectivity index (χ1) is 9.33. The maximum Gasteiger partial charge on any atom is 0.120 e. The van der Waals surface area contributed by atoms with Crippen LogP contribution in [0, 0.1) is 0 Å². The van der Waals surface area contributed by atoms with Gasteiger partial charge in [0.1, 0.15) is 11.9 Å². The van der Waals surface area contributed by atoms with Crippen molar-refractivity contribution in [2.24, 2.45) is 0 Å². The van der Waals surface area contributed by atoms with Crippen LogP contribution in [0.1, 0.15) is 50.7 Å². The predicted molar refractivity (Wildman–Crippen MR) is 81.0 cm³/mol. The molecule has 1 N–H and O–H groups in total. The minimum absolute atomic E-state index is 0.298. The topological polar surface area (TPSA) is 21.3 Å². The van der Waals surface area contributed by atoms with Gasteiger partial charge in [0.15, 0.2) is 0 Å². The lowest BCUT2D eigenvalue weighted by Crippen LogP contribution is -2.31. The van der Waals surface area contributed by atoms with E-state index < -0.39 is 0 Å². The lowest BCUT2D eigenvalue weighted by Gasteiger charge is -2.21.